The molecular formula is C19H18N2O7. The largest absolute Gasteiger partial charge is 0.486 e. The molecule has 0 saturated carbocycles. The van der Waals surface area contributed by atoms with E-state index in [-0.39, 0.29) is 30.5 Å². The van der Waals surface area contributed by atoms with Gasteiger partial charge in [0.1, 0.15) is 12.7 Å². The fourth-order valence-corrected chi connectivity index (χ4v) is 2.59. The van der Waals surface area contributed by atoms with Crippen LogP contribution in [0.3, 0.4) is 0 Å². The highest BCUT2D eigenvalue weighted by Crippen LogP contribution is 2.30. The molecule has 0 aliphatic carbocycles. The van der Waals surface area contributed by atoms with Gasteiger partial charge in [-0.2, -0.15) is 0 Å². The number of nitro groups is 1. The average molecular weight is 386 g/mol. The summed E-state index contributed by atoms with van der Waals surface area (Å²) in [6.07, 6.45) is -0.366. The Morgan fingerprint density at radius 2 is 2.00 bits per heavy atom. The number of fused-ring (bicyclic) bond motifs is 1. The summed E-state index contributed by atoms with van der Waals surface area (Å²) in [7, 11) is 0. The molecule has 0 fully saturated rings. The van der Waals surface area contributed by atoms with Crippen molar-refractivity contribution in [2.24, 2.45) is 0 Å². The second-order valence-electron chi connectivity index (χ2n) is 6.14. The lowest BCUT2D eigenvalue weighted by Gasteiger charge is -2.26. The molecule has 0 saturated heterocycles. The number of benzene rings is 2. The summed E-state index contributed by atoms with van der Waals surface area (Å²) in [5.41, 5.74) is 0.245. The van der Waals surface area contributed by atoms with Crippen LogP contribution in [0.1, 0.15) is 15.9 Å². The van der Waals surface area contributed by atoms with E-state index in [1.54, 1.807) is 19.1 Å². The molecule has 1 amide bonds. The first-order chi connectivity index (χ1) is 13.4. The zero-order valence-corrected chi connectivity index (χ0v) is 15.0. The fraction of sp³-hybridized carbons (Fsp3) is 0.263. The zero-order chi connectivity index (χ0) is 20.1. The fourth-order valence-electron chi connectivity index (χ4n) is 2.59. The molecule has 3 rings (SSSR count). The van der Waals surface area contributed by atoms with Gasteiger partial charge < -0.3 is 19.5 Å². The number of aryl methyl sites for hydroxylation is 1. The normalized spacial score (nSPS) is 14.8. The van der Waals surface area contributed by atoms with Gasteiger partial charge in [-0.3, -0.25) is 14.9 Å². The van der Waals surface area contributed by atoms with Crippen LogP contribution in [0.5, 0.6) is 11.5 Å². The number of rotatable bonds is 6. The summed E-state index contributed by atoms with van der Waals surface area (Å²) in [4.78, 5) is 34.3. The Bertz CT molecular complexity index is 913. The maximum Gasteiger partial charge on any atom is 0.338 e. The van der Waals surface area contributed by atoms with Gasteiger partial charge >= 0.3 is 5.97 Å². The van der Waals surface area contributed by atoms with Gasteiger partial charge in [-0.05, 0) is 25.1 Å². The van der Waals surface area contributed by atoms with Gasteiger partial charge in [-0.1, -0.05) is 18.2 Å². The van der Waals surface area contributed by atoms with Crippen LogP contribution in [0, 0.1) is 17.0 Å². The Hall–Kier alpha value is -3.62. The van der Waals surface area contributed by atoms with Gasteiger partial charge in [0.2, 0.25) is 0 Å². The molecule has 28 heavy (non-hydrogen) atoms. The third-order valence-electron chi connectivity index (χ3n) is 4.07. The van der Waals surface area contributed by atoms with E-state index < -0.39 is 23.4 Å². The summed E-state index contributed by atoms with van der Waals surface area (Å²) in [6, 6.07) is 11.2. The monoisotopic (exact) mass is 386 g/mol. The van der Waals surface area contributed by atoms with Gasteiger partial charge in [-0.15, -0.1) is 0 Å². The average Bonchev–Trinajstić information content (AvgIpc) is 2.70. The SMILES string of the molecule is Cc1ccc(C(=O)OCC(=O)NCC2COc3ccccc3O2)cc1[N+](=O)[O-]. The van der Waals surface area contributed by atoms with E-state index in [9.17, 15) is 19.7 Å². The Morgan fingerprint density at radius 1 is 1.25 bits per heavy atom. The molecule has 0 aromatic heterocycles. The molecule has 1 N–H and O–H groups in total. The van der Waals surface area contributed by atoms with Crippen LogP contribution in [0.25, 0.3) is 0 Å². The van der Waals surface area contributed by atoms with Gasteiger partial charge in [-0.25, -0.2) is 4.79 Å². The van der Waals surface area contributed by atoms with Crippen molar-refractivity contribution in [3.63, 3.8) is 0 Å². The van der Waals surface area contributed by atoms with E-state index in [4.69, 9.17) is 14.2 Å². The predicted molar refractivity (Wildman–Crippen MR) is 97.5 cm³/mol. The van der Waals surface area contributed by atoms with Crippen LogP contribution in [0.2, 0.25) is 0 Å². The molecule has 0 spiro atoms. The van der Waals surface area contributed by atoms with E-state index in [2.05, 4.69) is 5.32 Å². The van der Waals surface area contributed by atoms with Crippen molar-refractivity contribution < 1.29 is 28.7 Å². The smallest absolute Gasteiger partial charge is 0.338 e. The van der Waals surface area contributed by atoms with Gasteiger partial charge in [0, 0.05) is 11.6 Å². The molecule has 1 aliphatic heterocycles. The summed E-state index contributed by atoms with van der Waals surface area (Å²) < 4.78 is 16.2. The number of nitro benzene ring substituents is 1. The van der Waals surface area contributed by atoms with Crippen LogP contribution in [-0.4, -0.2) is 42.7 Å². The number of nitrogens with one attached hydrogen (secondary N) is 1. The van der Waals surface area contributed by atoms with Crippen molar-refractivity contribution in [3.8, 4) is 11.5 Å². The lowest BCUT2D eigenvalue weighted by molar-refractivity contribution is -0.385. The number of para-hydroxylation sites is 2. The van der Waals surface area contributed by atoms with E-state index in [1.165, 1.54) is 12.1 Å². The van der Waals surface area contributed by atoms with Gasteiger partial charge in [0.15, 0.2) is 18.1 Å². The molecule has 1 heterocycles. The standard InChI is InChI=1S/C19H18N2O7/c1-12-6-7-13(8-15(12)21(24)25)19(23)27-11-18(22)20-9-14-10-26-16-4-2-3-5-17(16)28-14/h2-8,14H,9-11H2,1H3,(H,20,22). The van der Waals surface area contributed by atoms with Gasteiger partial charge in [0.05, 0.1) is 17.0 Å². The maximum atomic E-state index is 12.0. The van der Waals surface area contributed by atoms with Crippen LogP contribution in [0.4, 0.5) is 5.69 Å². The van der Waals surface area contributed by atoms with Crippen molar-refractivity contribution >= 4 is 17.6 Å². The van der Waals surface area contributed by atoms with Crippen LogP contribution in [0.15, 0.2) is 42.5 Å². The molecule has 2 aromatic carbocycles. The first kappa shape index (κ1) is 19.2. The minimum atomic E-state index is -0.815. The number of ether oxygens (including phenoxy) is 3. The Kier molecular flexibility index (Phi) is 5.73. The summed E-state index contributed by atoms with van der Waals surface area (Å²) in [6.45, 7) is 1.52. The van der Waals surface area contributed by atoms with Crippen molar-refractivity contribution in [3.05, 3.63) is 63.7 Å². The highest BCUT2D eigenvalue weighted by Gasteiger charge is 2.21. The molecule has 1 aliphatic rings. The number of hydrogen-bond donors (Lipinski definition) is 1. The van der Waals surface area contributed by atoms with Crippen molar-refractivity contribution in [2.75, 3.05) is 19.8 Å². The van der Waals surface area contributed by atoms with Crippen LogP contribution < -0.4 is 14.8 Å². The topological polar surface area (TPSA) is 117 Å². The van der Waals surface area contributed by atoms with E-state index in [0.29, 0.717) is 17.1 Å². The summed E-state index contributed by atoms with van der Waals surface area (Å²) in [5.74, 6) is -0.0894. The molecule has 146 valence electrons. The van der Waals surface area contributed by atoms with E-state index in [1.807, 2.05) is 12.1 Å². The number of hydrogen-bond acceptors (Lipinski definition) is 7. The minimum absolute atomic E-state index is 0.00530. The molecule has 1 atom stereocenters. The van der Waals surface area contributed by atoms with Crippen molar-refractivity contribution in [1.82, 2.24) is 5.32 Å². The number of carbonyl (C=O) groups excluding carboxylic acids is 2. The first-order valence-electron chi connectivity index (χ1n) is 8.51. The molecule has 0 bridgehead atoms. The number of esters is 1. The van der Waals surface area contributed by atoms with Gasteiger partial charge in [0.25, 0.3) is 11.6 Å². The minimum Gasteiger partial charge on any atom is -0.486 e. The highest BCUT2D eigenvalue weighted by molar-refractivity contribution is 5.92. The van der Waals surface area contributed by atoms with Crippen molar-refractivity contribution in [2.45, 2.75) is 13.0 Å². The summed E-state index contributed by atoms with van der Waals surface area (Å²) in [5, 5.41) is 13.5. The quantitative estimate of drug-likeness (QED) is 0.458. The lowest BCUT2D eigenvalue weighted by Crippen LogP contribution is -2.42. The maximum absolute atomic E-state index is 12.0. The number of carbonyl (C=O) groups is 2. The zero-order valence-electron chi connectivity index (χ0n) is 15.0. The molecule has 9 nitrogen and oxygen atoms in total. The molecule has 2 aromatic rings. The molecule has 9 heteroatoms. The first-order valence-corrected chi connectivity index (χ1v) is 8.51. The summed E-state index contributed by atoms with van der Waals surface area (Å²) >= 11 is 0. The lowest BCUT2D eigenvalue weighted by atomic mass is 10.1. The molecule has 0 radical (unpaired) electrons. The third-order valence-corrected chi connectivity index (χ3v) is 4.07. The molecule has 1 unspecified atom stereocenters. The van der Waals surface area contributed by atoms with E-state index in [0.717, 1.165) is 6.07 Å². The Balaban J connectivity index is 1.46. The third kappa shape index (κ3) is 4.56. The van der Waals surface area contributed by atoms with Crippen molar-refractivity contribution in [1.29, 1.82) is 0 Å². The predicted octanol–water partition coefficient (Wildman–Crippen LogP) is 2.02. The highest BCUT2D eigenvalue weighted by atomic mass is 16.6. The molecular weight excluding hydrogens is 368 g/mol. The van der Waals surface area contributed by atoms with E-state index >= 15 is 0 Å². The number of amides is 1. The number of nitrogens with zero attached hydrogens (tertiary/aromatic N) is 1. The Labute approximate surface area is 160 Å². The Morgan fingerprint density at radius 3 is 2.75 bits per heavy atom. The van der Waals surface area contributed by atoms with Crippen LogP contribution in [-0.2, 0) is 9.53 Å². The van der Waals surface area contributed by atoms with Crippen LogP contribution >= 0.6 is 0 Å². The second kappa shape index (κ2) is 8.38. The second-order valence-corrected chi connectivity index (χ2v) is 6.14.